The summed E-state index contributed by atoms with van der Waals surface area (Å²) in [5.41, 5.74) is 4.20. The molecule has 6 nitrogen and oxygen atoms in total. The molecule has 0 amide bonds. The van der Waals surface area contributed by atoms with Crippen molar-refractivity contribution in [2.75, 3.05) is 0 Å². The average molecular weight is 420 g/mol. The number of ketones is 1. The molecule has 0 aromatic carbocycles. The summed E-state index contributed by atoms with van der Waals surface area (Å²) in [4.78, 5) is 28.6. The average Bonchev–Trinajstić information content (AvgIpc) is 3.05. The Morgan fingerprint density at radius 3 is 2.45 bits per heavy atom. The second-order valence-corrected chi connectivity index (χ2v) is 8.57. The Morgan fingerprint density at radius 1 is 1.19 bits per heavy atom. The lowest BCUT2D eigenvalue weighted by Crippen LogP contribution is -2.17. The van der Waals surface area contributed by atoms with E-state index in [-0.39, 0.29) is 17.4 Å². The van der Waals surface area contributed by atoms with Crippen molar-refractivity contribution in [1.82, 2.24) is 14.8 Å². The molecule has 2 aromatic heterocycles. The second-order valence-electron chi connectivity index (χ2n) is 8.57. The fraction of sp³-hybridized carbons (Fsp3) is 0.440. The first-order chi connectivity index (χ1) is 15.0. The maximum Gasteiger partial charge on any atom is 0.354 e. The van der Waals surface area contributed by atoms with Gasteiger partial charge < -0.3 is 5.11 Å². The van der Waals surface area contributed by atoms with E-state index in [0.717, 1.165) is 48.0 Å². The number of carbonyl (C=O) groups is 2. The Bertz CT molecular complexity index is 1110. The minimum absolute atomic E-state index is 0.0686. The normalized spacial score (nSPS) is 18.6. The van der Waals surface area contributed by atoms with Crippen LogP contribution in [0.25, 0.3) is 16.7 Å². The summed E-state index contributed by atoms with van der Waals surface area (Å²) in [6, 6.07) is 0. The summed E-state index contributed by atoms with van der Waals surface area (Å²) in [7, 11) is 0. The molecule has 0 unspecified atom stereocenters. The van der Waals surface area contributed by atoms with E-state index >= 15 is 0 Å². The van der Waals surface area contributed by atoms with Crippen LogP contribution in [0.4, 0.5) is 0 Å². The first kappa shape index (κ1) is 21.2. The maximum absolute atomic E-state index is 12.1. The number of Topliss-reactive ketones (excluding diaryl/α,β-unsaturated/α-hetero) is 1. The SMILES string of the molecule is C=CC=C(C=CC)n1nc(C2CCC2)c2c(C3CCC(=O)CC3)c(C)c(C(=O)O)nc21. The molecule has 162 valence electrons. The number of fused-ring (bicyclic) bond motifs is 1. The molecule has 2 fully saturated rings. The number of carboxylic acids is 1. The molecule has 2 heterocycles. The highest BCUT2D eigenvalue weighted by Gasteiger charge is 2.33. The minimum Gasteiger partial charge on any atom is -0.477 e. The number of rotatable bonds is 6. The van der Waals surface area contributed by atoms with E-state index in [4.69, 9.17) is 5.10 Å². The van der Waals surface area contributed by atoms with Crippen molar-refractivity contribution in [3.63, 3.8) is 0 Å². The summed E-state index contributed by atoms with van der Waals surface area (Å²) >= 11 is 0. The standard InChI is InChI=1S/C25H29N3O3/c1-4-7-18(8-5-2)28-24-21(23(27-28)17-9-6-10-17)20(15(3)22(26-24)25(30)31)16-11-13-19(29)14-12-16/h4-5,7-8,16-17H,1,6,9-14H2,2-3H3,(H,30,31). The van der Waals surface area contributed by atoms with Crippen molar-refractivity contribution >= 4 is 28.5 Å². The molecule has 2 aromatic rings. The number of carboxylic acid groups (broad SMARTS) is 1. The van der Waals surface area contributed by atoms with Crippen molar-refractivity contribution in [1.29, 1.82) is 0 Å². The van der Waals surface area contributed by atoms with Crippen molar-refractivity contribution in [2.24, 2.45) is 0 Å². The summed E-state index contributed by atoms with van der Waals surface area (Å²) < 4.78 is 1.77. The number of pyridine rings is 1. The molecule has 1 N–H and O–H groups in total. The van der Waals surface area contributed by atoms with Crippen LogP contribution in [-0.4, -0.2) is 31.6 Å². The fourth-order valence-electron chi connectivity index (χ4n) is 4.87. The Morgan fingerprint density at radius 2 is 1.90 bits per heavy atom. The molecule has 31 heavy (non-hydrogen) atoms. The van der Waals surface area contributed by atoms with Gasteiger partial charge in [0.15, 0.2) is 11.3 Å². The summed E-state index contributed by atoms with van der Waals surface area (Å²) in [5.74, 6) is -0.242. The van der Waals surface area contributed by atoms with E-state index in [1.165, 1.54) is 6.42 Å². The molecule has 0 radical (unpaired) electrons. The number of nitrogens with zero attached hydrogens (tertiary/aromatic N) is 3. The van der Waals surface area contributed by atoms with Crippen molar-refractivity contribution < 1.29 is 14.7 Å². The van der Waals surface area contributed by atoms with Crippen molar-refractivity contribution in [3.05, 3.63) is 53.4 Å². The third-order valence-electron chi connectivity index (χ3n) is 6.65. The van der Waals surface area contributed by atoms with Gasteiger partial charge in [-0.2, -0.15) is 5.10 Å². The number of aromatic nitrogens is 3. The van der Waals surface area contributed by atoms with E-state index in [1.807, 2.05) is 32.1 Å². The van der Waals surface area contributed by atoms with Crippen LogP contribution >= 0.6 is 0 Å². The van der Waals surface area contributed by atoms with Crippen LogP contribution in [0.5, 0.6) is 0 Å². The monoisotopic (exact) mass is 419 g/mol. The van der Waals surface area contributed by atoms with Gasteiger partial charge in [-0.25, -0.2) is 14.5 Å². The molecule has 0 bridgehead atoms. The second kappa shape index (κ2) is 8.61. The molecule has 0 atom stereocenters. The molecule has 2 saturated carbocycles. The molecule has 2 aliphatic rings. The highest BCUT2D eigenvalue weighted by molar-refractivity contribution is 5.95. The Balaban J connectivity index is 2.05. The van der Waals surface area contributed by atoms with E-state index in [2.05, 4.69) is 11.6 Å². The number of carbonyl (C=O) groups excluding carboxylic acids is 1. The van der Waals surface area contributed by atoms with Crippen molar-refractivity contribution in [2.45, 2.75) is 70.6 Å². The van der Waals surface area contributed by atoms with Gasteiger partial charge in [-0.3, -0.25) is 4.79 Å². The predicted octanol–water partition coefficient (Wildman–Crippen LogP) is 5.54. The lowest BCUT2D eigenvalue weighted by molar-refractivity contribution is -0.120. The summed E-state index contributed by atoms with van der Waals surface area (Å²) in [5, 5.41) is 15.9. The highest BCUT2D eigenvalue weighted by atomic mass is 16.4. The Labute approximate surface area is 182 Å². The Kier molecular flexibility index (Phi) is 5.90. The molecular weight excluding hydrogens is 390 g/mol. The quantitative estimate of drug-likeness (QED) is 0.622. The number of hydrogen-bond acceptors (Lipinski definition) is 4. The largest absolute Gasteiger partial charge is 0.477 e. The van der Waals surface area contributed by atoms with Gasteiger partial charge in [0, 0.05) is 24.1 Å². The minimum atomic E-state index is -1.04. The van der Waals surface area contributed by atoms with E-state index in [1.54, 1.807) is 10.8 Å². The molecular formula is C25H29N3O3. The lowest BCUT2D eigenvalue weighted by Gasteiger charge is -2.27. The van der Waals surface area contributed by atoms with E-state index < -0.39 is 5.97 Å². The van der Waals surface area contributed by atoms with E-state index in [9.17, 15) is 14.7 Å². The zero-order valence-corrected chi connectivity index (χ0v) is 18.2. The van der Waals surface area contributed by atoms with Gasteiger partial charge in [0.2, 0.25) is 0 Å². The van der Waals surface area contributed by atoms with Crippen LogP contribution in [0, 0.1) is 6.92 Å². The highest BCUT2D eigenvalue weighted by Crippen LogP contribution is 2.45. The van der Waals surface area contributed by atoms with E-state index in [0.29, 0.717) is 30.0 Å². The van der Waals surface area contributed by atoms with Gasteiger partial charge in [-0.15, -0.1) is 0 Å². The molecule has 2 aliphatic carbocycles. The third kappa shape index (κ3) is 3.75. The van der Waals surface area contributed by atoms with Crippen LogP contribution in [0.1, 0.15) is 91.0 Å². The number of allylic oxidation sites excluding steroid dienone is 5. The van der Waals surface area contributed by atoms with Gasteiger partial charge in [0.1, 0.15) is 5.78 Å². The van der Waals surface area contributed by atoms with Crippen molar-refractivity contribution in [3.8, 4) is 0 Å². The van der Waals surface area contributed by atoms with Gasteiger partial charge in [-0.1, -0.05) is 25.2 Å². The topological polar surface area (TPSA) is 85.1 Å². The van der Waals surface area contributed by atoms with Crippen LogP contribution in [0.15, 0.2) is 30.9 Å². The maximum atomic E-state index is 12.1. The smallest absolute Gasteiger partial charge is 0.354 e. The predicted molar refractivity (Wildman–Crippen MR) is 121 cm³/mol. The molecule has 0 saturated heterocycles. The first-order valence-electron chi connectivity index (χ1n) is 11.1. The first-order valence-corrected chi connectivity index (χ1v) is 11.1. The van der Waals surface area contributed by atoms with Crippen LogP contribution < -0.4 is 0 Å². The third-order valence-corrected chi connectivity index (χ3v) is 6.65. The lowest BCUT2D eigenvalue weighted by atomic mass is 9.77. The zero-order valence-electron chi connectivity index (χ0n) is 18.2. The van der Waals surface area contributed by atoms with Gasteiger partial charge in [0.25, 0.3) is 0 Å². The van der Waals surface area contributed by atoms with Crippen LogP contribution in [0.3, 0.4) is 0 Å². The summed E-state index contributed by atoms with van der Waals surface area (Å²) in [6.45, 7) is 7.61. The molecule has 4 rings (SSSR count). The van der Waals surface area contributed by atoms with Gasteiger partial charge in [-0.05, 0) is 68.7 Å². The molecule has 0 aliphatic heterocycles. The fourth-order valence-corrected chi connectivity index (χ4v) is 4.87. The Hall–Kier alpha value is -3.02. The molecule has 6 heteroatoms. The van der Waals surface area contributed by atoms with Crippen LogP contribution in [0.2, 0.25) is 0 Å². The van der Waals surface area contributed by atoms with Gasteiger partial charge >= 0.3 is 5.97 Å². The zero-order chi connectivity index (χ0) is 22.1. The molecule has 0 spiro atoms. The number of aromatic carboxylic acids is 1. The summed E-state index contributed by atoms with van der Waals surface area (Å²) in [6.07, 6.45) is 13.3. The van der Waals surface area contributed by atoms with Crippen LogP contribution in [-0.2, 0) is 4.79 Å². The number of hydrogen-bond donors (Lipinski definition) is 1. The van der Waals surface area contributed by atoms with Gasteiger partial charge in [0.05, 0.1) is 11.4 Å².